The molecule has 0 unspecified atom stereocenters. The number of hydrazone groups is 1. The van der Waals surface area contributed by atoms with Gasteiger partial charge in [0.05, 0.1) is 28.7 Å². The SMILES string of the molecule is COc1cc(/C=N/NC(=O)c2ccoc2C)cc(I)c1O. The minimum absolute atomic E-state index is 0.0771. The van der Waals surface area contributed by atoms with Crippen LogP contribution in [0.4, 0.5) is 0 Å². The highest BCUT2D eigenvalue weighted by atomic mass is 127. The minimum Gasteiger partial charge on any atom is -0.504 e. The van der Waals surface area contributed by atoms with Gasteiger partial charge >= 0.3 is 0 Å². The summed E-state index contributed by atoms with van der Waals surface area (Å²) in [6.07, 6.45) is 2.92. The maximum absolute atomic E-state index is 11.8. The normalized spacial score (nSPS) is 10.8. The smallest absolute Gasteiger partial charge is 0.274 e. The summed E-state index contributed by atoms with van der Waals surface area (Å²) >= 11 is 1.99. The number of methoxy groups -OCH3 is 1. The molecule has 2 N–H and O–H groups in total. The Hall–Kier alpha value is -2.03. The lowest BCUT2D eigenvalue weighted by molar-refractivity contribution is 0.0953. The Morgan fingerprint density at radius 3 is 2.90 bits per heavy atom. The molecular weight excluding hydrogens is 387 g/mol. The molecule has 0 atom stereocenters. The number of nitrogens with zero attached hydrogens (tertiary/aromatic N) is 1. The van der Waals surface area contributed by atoms with E-state index in [0.29, 0.717) is 26.2 Å². The molecule has 2 aromatic rings. The molecule has 6 nitrogen and oxygen atoms in total. The van der Waals surface area contributed by atoms with Crippen LogP contribution in [0.15, 0.2) is 34.0 Å². The molecule has 2 rings (SSSR count). The Labute approximate surface area is 134 Å². The van der Waals surface area contributed by atoms with Crippen LogP contribution in [-0.4, -0.2) is 24.3 Å². The number of carbonyl (C=O) groups excluding carboxylic acids is 1. The van der Waals surface area contributed by atoms with Gasteiger partial charge in [0.2, 0.25) is 0 Å². The molecule has 0 saturated carbocycles. The predicted octanol–water partition coefficient (Wildman–Crippen LogP) is 2.67. The Kier molecular flexibility index (Phi) is 4.84. The highest BCUT2D eigenvalue weighted by molar-refractivity contribution is 14.1. The molecule has 1 amide bonds. The molecule has 1 aromatic carbocycles. The highest BCUT2D eigenvalue weighted by Gasteiger charge is 2.10. The van der Waals surface area contributed by atoms with Crippen LogP contribution in [0.25, 0.3) is 0 Å². The van der Waals surface area contributed by atoms with Crippen molar-refractivity contribution in [1.82, 2.24) is 5.43 Å². The summed E-state index contributed by atoms with van der Waals surface area (Å²) in [5, 5.41) is 13.6. The quantitative estimate of drug-likeness (QED) is 0.470. The van der Waals surface area contributed by atoms with Crippen LogP contribution in [-0.2, 0) is 0 Å². The number of phenols is 1. The first-order chi connectivity index (χ1) is 10.0. The van der Waals surface area contributed by atoms with Crippen LogP contribution < -0.4 is 10.2 Å². The Morgan fingerprint density at radius 1 is 1.52 bits per heavy atom. The number of halogens is 1. The summed E-state index contributed by atoms with van der Waals surface area (Å²) in [5.41, 5.74) is 3.54. The van der Waals surface area contributed by atoms with Crippen molar-refractivity contribution in [2.24, 2.45) is 5.10 Å². The fraction of sp³-hybridized carbons (Fsp3) is 0.143. The lowest BCUT2D eigenvalue weighted by Gasteiger charge is -2.06. The Morgan fingerprint density at radius 2 is 2.29 bits per heavy atom. The van der Waals surface area contributed by atoms with Crippen molar-refractivity contribution < 1.29 is 19.1 Å². The highest BCUT2D eigenvalue weighted by Crippen LogP contribution is 2.31. The van der Waals surface area contributed by atoms with Gasteiger partial charge in [-0.15, -0.1) is 0 Å². The third-order valence-corrected chi connectivity index (χ3v) is 3.58. The van der Waals surface area contributed by atoms with Gasteiger partial charge < -0.3 is 14.3 Å². The molecule has 7 heteroatoms. The molecule has 1 heterocycles. The van der Waals surface area contributed by atoms with E-state index in [1.165, 1.54) is 19.6 Å². The predicted molar refractivity (Wildman–Crippen MR) is 85.9 cm³/mol. The molecule has 0 aliphatic heterocycles. The van der Waals surface area contributed by atoms with Crippen LogP contribution in [0.3, 0.4) is 0 Å². The first-order valence-corrected chi connectivity index (χ1v) is 7.04. The maximum atomic E-state index is 11.8. The van der Waals surface area contributed by atoms with E-state index in [4.69, 9.17) is 9.15 Å². The first kappa shape index (κ1) is 15.4. The fourth-order valence-corrected chi connectivity index (χ4v) is 2.30. The first-order valence-electron chi connectivity index (χ1n) is 5.97. The fourth-order valence-electron chi connectivity index (χ4n) is 1.67. The van der Waals surface area contributed by atoms with Gasteiger partial charge in [-0.3, -0.25) is 4.79 Å². The summed E-state index contributed by atoms with van der Waals surface area (Å²) in [4.78, 5) is 11.8. The van der Waals surface area contributed by atoms with Gasteiger partial charge in [-0.1, -0.05) is 0 Å². The van der Waals surface area contributed by atoms with Gasteiger partial charge in [0, 0.05) is 0 Å². The van der Waals surface area contributed by atoms with E-state index >= 15 is 0 Å². The molecule has 0 saturated heterocycles. The van der Waals surface area contributed by atoms with Gasteiger partial charge in [0.15, 0.2) is 11.5 Å². The van der Waals surface area contributed by atoms with Crippen LogP contribution >= 0.6 is 22.6 Å². The minimum atomic E-state index is -0.349. The third kappa shape index (κ3) is 3.54. The van der Waals surface area contributed by atoms with E-state index in [1.54, 1.807) is 25.1 Å². The summed E-state index contributed by atoms with van der Waals surface area (Å²) in [6, 6.07) is 4.92. The summed E-state index contributed by atoms with van der Waals surface area (Å²) < 4.78 is 10.7. The van der Waals surface area contributed by atoms with Crippen LogP contribution in [0.5, 0.6) is 11.5 Å². The largest absolute Gasteiger partial charge is 0.504 e. The Bertz CT molecular complexity index is 694. The standard InChI is InChI=1S/C14H13IN2O4/c1-8-10(3-4-21-8)14(19)17-16-7-9-5-11(15)13(18)12(6-9)20-2/h3-7,18H,1-2H3,(H,17,19)/b16-7+. The second-order valence-electron chi connectivity index (χ2n) is 4.14. The van der Waals surface area contributed by atoms with E-state index in [0.717, 1.165) is 0 Å². The van der Waals surface area contributed by atoms with E-state index in [-0.39, 0.29) is 11.7 Å². The molecular formula is C14H13IN2O4. The molecule has 0 aliphatic carbocycles. The monoisotopic (exact) mass is 400 g/mol. The van der Waals surface area contributed by atoms with Crippen LogP contribution in [0.1, 0.15) is 21.7 Å². The third-order valence-electron chi connectivity index (χ3n) is 2.75. The summed E-state index contributed by atoms with van der Waals surface area (Å²) in [7, 11) is 1.47. The van der Waals surface area contributed by atoms with Crippen LogP contribution in [0.2, 0.25) is 0 Å². The molecule has 0 bridgehead atoms. The zero-order valence-corrected chi connectivity index (χ0v) is 13.5. The number of hydrogen-bond donors (Lipinski definition) is 2. The number of aryl methyl sites for hydroxylation is 1. The summed E-state index contributed by atoms with van der Waals surface area (Å²) in [6.45, 7) is 1.70. The number of amides is 1. The van der Waals surface area contributed by atoms with E-state index in [1.807, 2.05) is 22.6 Å². The number of carbonyl (C=O) groups is 1. The van der Waals surface area contributed by atoms with Crippen molar-refractivity contribution in [2.45, 2.75) is 6.92 Å². The lowest BCUT2D eigenvalue weighted by atomic mass is 10.2. The van der Waals surface area contributed by atoms with Gasteiger partial charge in [0.1, 0.15) is 5.76 Å². The molecule has 0 radical (unpaired) electrons. The van der Waals surface area contributed by atoms with Gasteiger partial charge in [-0.05, 0) is 53.3 Å². The maximum Gasteiger partial charge on any atom is 0.274 e. The number of furan rings is 1. The number of rotatable bonds is 4. The number of nitrogens with one attached hydrogen (secondary N) is 1. The van der Waals surface area contributed by atoms with Gasteiger partial charge in [0.25, 0.3) is 5.91 Å². The summed E-state index contributed by atoms with van der Waals surface area (Å²) in [5.74, 6) is 0.607. The number of hydrogen-bond acceptors (Lipinski definition) is 5. The van der Waals surface area contributed by atoms with Crippen molar-refractivity contribution in [3.05, 3.63) is 44.9 Å². The van der Waals surface area contributed by atoms with Crippen molar-refractivity contribution in [1.29, 1.82) is 0 Å². The molecule has 1 aromatic heterocycles. The average Bonchev–Trinajstić information content (AvgIpc) is 2.88. The molecule has 0 aliphatic rings. The van der Waals surface area contributed by atoms with Crippen molar-refractivity contribution in [2.75, 3.05) is 7.11 Å². The topological polar surface area (TPSA) is 84.1 Å². The molecule has 0 spiro atoms. The van der Waals surface area contributed by atoms with E-state index in [2.05, 4.69) is 10.5 Å². The zero-order chi connectivity index (χ0) is 15.4. The number of aromatic hydroxyl groups is 1. The Balaban J connectivity index is 2.10. The zero-order valence-electron chi connectivity index (χ0n) is 11.4. The molecule has 21 heavy (non-hydrogen) atoms. The average molecular weight is 400 g/mol. The van der Waals surface area contributed by atoms with E-state index < -0.39 is 0 Å². The van der Waals surface area contributed by atoms with Gasteiger partial charge in [-0.2, -0.15) is 5.10 Å². The van der Waals surface area contributed by atoms with Crippen LogP contribution in [0, 0.1) is 10.5 Å². The number of benzene rings is 1. The number of phenolic OH excluding ortho intramolecular Hbond substituents is 1. The van der Waals surface area contributed by atoms with Crippen molar-refractivity contribution in [3.8, 4) is 11.5 Å². The van der Waals surface area contributed by atoms with Crippen molar-refractivity contribution >= 4 is 34.7 Å². The van der Waals surface area contributed by atoms with E-state index in [9.17, 15) is 9.90 Å². The van der Waals surface area contributed by atoms with Crippen molar-refractivity contribution in [3.63, 3.8) is 0 Å². The molecule has 110 valence electrons. The second kappa shape index (κ2) is 6.61. The second-order valence-corrected chi connectivity index (χ2v) is 5.31. The lowest BCUT2D eigenvalue weighted by Crippen LogP contribution is -2.17. The van der Waals surface area contributed by atoms with Gasteiger partial charge in [-0.25, -0.2) is 5.43 Å². The molecule has 0 fully saturated rings. The number of ether oxygens (including phenoxy) is 1.